The fourth-order valence-electron chi connectivity index (χ4n) is 3.17. The molecule has 2 amide bonds. The van der Waals surface area contributed by atoms with Crippen molar-refractivity contribution >= 4 is 35.1 Å². The average molecular weight is 402 g/mol. The number of carbonyl (C=O) groups is 3. The number of halogens is 1. The van der Waals surface area contributed by atoms with Crippen molar-refractivity contribution in [2.75, 3.05) is 18.1 Å². The summed E-state index contributed by atoms with van der Waals surface area (Å²) in [6.07, 6.45) is 0.947. The monoisotopic (exact) mass is 401 g/mol. The van der Waals surface area contributed by atoms with Crippen LogP contribution < -0.4 is 10.2 Å². The van der Waals surface area contributed by atoms with Gasteiger partial charge in [-0.05, 0) is 48.9 Å². The van der Waals surface area contributed by atoms with E-state index in [0.717, 1.165) is 12.0 Å². The molecule has 1 heterocycles. The molecule has 3 rings (SSSR count). The minimum atomic E-state index is -0.429. The minimum Gasteiger partial charge on any atom is -0.462 e. The van der Waals surface area contributed by atoms with E-state index in [4.69, 9.17) is 16.3 Å². The molecule has 1 saturated heterocycles. The van der Waals surface area contributed by atoms with E-state index in [2.05, 4.69) is 0 Å². The summed E-state index contributed by atoms with van der Waals surface area (Å²) in [5.74, 6) is -0.895. The van der Waals surface area contributed by atoms with Crippen molar-refractivity contribution in [3.05, 3.63) is 64.7 Å². The van der Waals surface area contributed by atoms with E-state index in [0.29, 0.717) is 22.8 Å². The van der Waals surface area contributed by atoms with Gasteiger partial charge in [0.1, 0.15) is 0 Å². The van der Waals surface area contributed by atoms with Crippen LogP contribution in [0.1, 0.15) is 29.3 Å². The van der Waals surface area contributed by atoms with Gasteiger partial charge in [-0.1, -0.05) is 23.7 Å². The van der Waals surface area contributed by atoms with Gasteiger partial charge in [-0.15, -0.1) is 0 Å². The number of anilines is 1. The molecular weight excluding hydrogens is 380 g/mol. The molecule has 1 aliphatic heterocycles. The molecule has 0 unspecified atom stereocenters. The highest BCUT2D eigenvalue weighted by molar-refractivity contribution is 6.30. The first kappa shape index (κ1) is 20.0. The number of imide groups is 1. The number of carbonyl (C=O) groups excluding carboxylic acids is 3. The highest BCUT2D eigenvalue weighted by Crippen LogP contribution is 2.22. The lowest BCUT2D eigenvalue weighted by Gasteiger charge is -2.14. The highest BCUT2D eigenvalue weighted by atomic mass is 35.5. The Hall–Kier alpha value is -2.70. The summed E-state index contributed by atoms with van der Waals surface area (Å²) in [4.78, 5) is 38.0. The molecule has 0 aliphatic carbocycles. The van der Waals surface area contributed by atoms with Crippen LogP contribution in [0.5, 0.6) is 0 Å². The van der Waals surface area contributed by atoms with Crippen LogP contribution in [-0.2, 0) is 20.7 Å². The maximum Gasteiger partial charge on any atom is 0.338 e. The molecule has 0 spiro atoms. The van der Waals surface area contributed by atoms with Gasteiger partial charge < -0.3 is 10.1 Å². The molecule has 2 aromatic carbocycles. The molecule has 1 aliphatic rings. The number of amides is 2. The second-order valence-electron chi connectivity index (χ2n) is 6.55. The molecule has 0 radical (unpaired) electrons. The molecular formula is C21H22ClN2O4+. The zero-order chi connectivity index (χ0) is 20.1. The lowest BCUT2D eigenvalue weighted by atomic mass is 10.1. The van der Waals surface area contributed by atoms with E-state index in [1.165, 1.54) is 4.90 Å². The molecule has 0 bridgehead atoms. The molecule has 2 aromatic rings. The van der Waals surface area contributed by atoms with Gasteiger partial charge in [0, 0.05) is 11.4 Å². The smallest absolute Gasteiger partial charge is 0.338 e. The van der Waals surface area contributed by atoms with Gasteiger partial charge in [0.15, 0.2) is 6.04 Å². The minimum absolute atomic E-state index is 0.166. The number of rotatable bonds is 7. The van der Waals surface area contributed by atoms with Crippen molar-refractivity contribution in [2.24, 2.45) is 0 Å². The van der Waals surface area contributed by atoms with Crippen LogP contribution in [-0.4, -0.2) is 37.0 Å². The second kappa shape index (κ2) is 8.99. The Labute approximate surface area is 168 Å². The van der Waals surface area contributed by atoms with Gasteiger partial charge >= 0.3 is 5.97 Å². The van der Waals surface area contributed by atoms with Gasteiger partial charge in [-0.25, -0.2) is 9.69 Å². The fourth-order valence-corrected chi connectivity index (χ4v) is 3.30. The van der Waals surface area contributed by atoms with Crippen LogP contribution in [0.15, 0.2) is 48.5 Å². The van der Waals surface area contributed by atoms with Crippen LogP contribution in [0.2, 0.25) is 5.02 Å². The highest BCUT2D eigenvalue weighted by Gasteiger charge is 2.42. The van der Waals surface area contributed by atoms with E-state index in [-0.39, 0.29) is 24.8 Å². The topological polar surface area (TPSA) is 80.3 Å². The lowest BCUT2D eigenvalue weighted by Crippen LogP contribution is -2.92. The molecule has 2 N–H and O–H groups in total. The zero-order valence-electron chi connectivity index (χ0n) is 15.6. The van der Waals surface area contributed by atoms with Crippen molar-refractivity contribution in [3.8, 4) is 0 Å². The van der Waals surface area contributed by atoms with Gasteiger partial charge in [-0.3, -0.25) is 9.59 Å². The van der Waals surface area contributed by atoms with Crippen molar-refractivity contribution in [2.45, 2.75) is 25.8 Å². The number of esters is 1. The third-order valence-corrected chi connectivity index (χ3v) is 4.87. The zero-order valence-corrected chi connectivity index (χ0v) is 16.3. The number of quaternary nitrogens is 1. The van der Waals surface area contributed by atoms with Gasteiger partial charge in [0.2, 0.25) is 5.91 Å². The number of ether oxygens (including phenoxy) is 1. The van der Waals surface area contributed by atoms with Gasteiger partial charge in [0.25, 0.3) is 5.91 Å². The van der Waals surface area contributed by atoms with Gasteiger partial charge in [-0.2, -0.15) is 0 Å². The molecule has 6 nitrogen and oxygen atoms in total. The van der Waals surface area contributed by atoms with Crippen molar-refractivity contribution < 1.29 is 24.4 Å². The second-order valence-corrected chi connectivity index (χ2v) is 6.98. The number of hydrogen-bond acceptors (Lipinski definition) is 4. The Morgan fingerprint density at radius 3 is 2.46 bits per heavy atom. The molecule has 146 valence electrons. The van der Waals surface area contributed by atoms with E-state index in [9.17, 15) is 14.4 Å². The summed E-state index contributed by atoms with van der Waals surface area (Å²) in [6, 6.07) is 13.5. The van der Waals surface area contributed by atoms with Crippen molar-refractivity contribution in [3.63, 3.8) is 0 Å². The molecule has 0 aromatic heterocycles. The standard InChI is InChI=1S/C21H21ClN2O4/c1-2-28-21(27)15-5-9-17(10-6-15)24-19(25)13-18(20(24)26)23-12-11-14-3-7-16(22)8-4-14/h3-10,18,23H,2,11-13H2,1H3/p+1/t18-/m0/s1. The summed E-state index contributed by atoms with van der Waals surface area (Å²) in [7, 11) is 0. The summed E-state index contributed by atoms with van der Waals surface area (Å²) in [5, 5.41) is 2.59. The summed E-state index contributed by atoms with van der Waals surface area (Å²) < 4.78 is 4.94. The predicted octanol–water partition coefficient (Wildman–Crippen LogP) is 1.95. The first-order valence-electron chi connectivity index (χ1n) is 9.21. The summed E-state index contributed by atoms with van der Waals surface area (Å²) >= 11 is 5.88. The van der Waals surface area contributed by atoms with Crippen molar-refractivity contribution in [1.29, 1.82) is 0 Å². The molecule has 7 heteroatoms. The normalized spacial score (nSPS) is 16.5. The van der Waals surface area contributed by atoms with Crippen LogP contribution in [0, 0.1) is 0 Å². The molecule has 28 heavy (non-hydrogen) atoms. The van der Waals surface area contributed by atoms with E-state index < -0.39 is 12.0 Å². The molecule has 0 saturated carbocycles. The number of hydrogen-bond donors (Lipinski definition) is 1. The number of benzene rings is 2. The predicted molar refractivity (Wildman–Crippen MR) is 105 cm³/mol. The average Bonchev–Trinajstić information content (AvgIpc) is 2.97. The largest absolute Gasteiger partial charge is 0.462 e. The maximum absolute atomic E-state index is 12.7. The Morgan fingerprint density at radius 1 is 1.14 bits per heavy atom. The Kier molecular flexibility index (Phi) is 6.44. The van der Waals surface area contributed by atoms with Crippen LogP contribution in [0.25, 0.3) is 0 Å². The Balaban J connectivity index is 1.59. The molecule has 1 fully saturated rings. The Bertz CT molecular complexity index is 865. The Morgan fingerprint density at radius 2 is 1.82 bits per heavy atom. The van der Waals surface area contributed by atoms with Crippen LogP contribution in [0.3, 0.4) is 0 Å². The van der Waals surface area contributed by atoms with Crippen molar-refractivity contribution in [1.82, 2.24) is 0 Å². The SMILES string of the molecule is CCOC(=O)c1ccc(N2C(=O)C[C@H]([NH2+]CCc3ccc(Cl)cc3)C2=O)cc1. The summed E-state index contributed by atoms with van der Waals surface area (Å²) in [5.41, 5.74) is 1.98. The molecule has 1 atom stereocenters. The third kappa shape index (κ3) is 4.58. The fraction of sp³-hybridized carbons (Fsp3) is 0.286. The first-order chi connectivity index (χ1) is 13.5. The van der Waals surface area contributed by atoms with E-state index >= 15 is 0 Å². The third-order valence-electron chi connectivity index (χ3n) is 4.62. The van der Waals surface area contributed by atoms with E-state index in [1.807, 2.05) is 29.6 Å². The van der Waals surface area contributed by atoms with E-state index in [1.54, 1.807) is 31.2 Å². The first-order valence-corrected chi connectivity index (χ1v) is 9.59. The number of nitrogens with zero attached hydrogens (tertiary/aromatic N) is 1. The van der Waals surface area contributed by atoms with Crippen LogP contribution >= 0.6 is 11.6 Å². The van der Waals surface area contributed by atoms with Crippen LogP contribution in [0.4, 0.5) is 5.69 Å². The maximum atomic E-state index is 12.7. The lowest BCUT2D eigenvalue weighted by molar-refractivity contribution is -0.674. The van der Waals surface area contributed by atoms with Gasteiger partial charge in [0.05, 0.1) is 30.8 Å². The quantitative estimate of drug-likeness (QED) is 0.568. The number of nitrogens with two attached hydrogens (primary N) is 1. The summed E-state index contributed by atoms with van der Waals surface area (Å²) in [6.45, 7) is 2.72.